The van der Waals surface area contributed by atoms with Gasteiger partial charge in [0.2, 0.25) is 0 Å². The molecule has 156 valence electrons. The second-order valence-electron chi connectivity index (χ2n) is 6.91. The van der Waals surface area contributed by atoms with Crippen molar-refractivity contribution in [3.05, 3.63) is 58.4 Å². The van der Waals surface area contributed by atoms with E-state index in [9.17, 15) is 24.9 Å². The largest absolute Gasteiger partial charge is 0.491 e. The first-order valence-corrected chi connectivity index (χ1v) is 9.27. The van der Waals surface area contributed by atoms with Gasteiger partial charge >= 0.3 is 5.97 Å². The fourth-order valence-corrected chi connectivity index (χ4v) is 2.89. The number of pyridine rings is 1. The van der Waals surface area contributed by atoms with E-state index in [-0.39, 0.29) is 36.3 Å². The van der Waals surface area contributed by atoms with Gasteiger partial charge in [-0.2, -0.15) is 0 Å². The number of nitrogens with one attached hydrogen (secondary N) is 1. The van der Waals surface area contributed by atoms with Gasteiger partial charge in [-0.1, -0.05) is 12.1 Å². The highest BCUT2D eigenvalue weighted by molar-refractivity contribution is 5.98. The summed E-state index contributed by atoms with van der Waals surface area (Å²) < 4.78 is 5.49. The van der Waals surface area contributed by atoms with Crippen molar-refractivity contribution >= 4 is 11.9 Å². The number of hydrogen-bond donors (Lipinski definition) is 4. The first-order valence-electron chi connectivity index (χ1n) is 9.27. The predicted octanol–water partition coefficient (Wildman–Crippen LogP) is 1.41. The van der Waals surface area contributed by atoms with Crippen molar-refractivity contribution in [2.24, 2.45) is 0 Å². The van der Waals surface area contributed by atoms with E-state index < -0.39 is 24.1 Å². The van der Waals surface area contributed by atoms with Crippen molar-refractivity contribution in [3.8, 4) is 5.75 Å². The van der Waals surface area contributed by atoms with Gasteiger partial charge in [-0.15, -0.1) is 0 Å². The highest BCUT2D eigenvalue weighted by atomic mass is 16.5. The van der Waals surface area contributed by atoms with Crippen LogP contribution < -0.4 is 10.1 Å². The fourth-order valence-electron chi connectivity index (χ4n) is 2.89. The maximum absolute atomic E-state index is 12.3. The van der Waals surface area contributed by atoms with Crippen LogP contribution in [0.5, 0.6) is 5.75 Å². The molecule has 0 spiro atoms. The lowest BCUT2D eigenvalue weighted by Crippen LogP contribution is -2.25. The van der Waals surface area contributed by atoms with Gasteiger partial charge in [-0.3, -0.25) is 4.79 Å². The molecule has 2 rings (SSSR count). The molecule has 1 amide bonds. The molecule has 8 heteroatoms. The molecular weight excluding hydrogens is 376 g/mol. The number of nitrogens with zero attached hydrogens (tertiary/aromatic N) is 1. The second-order valence-corrected chi connectivity index (χ2v) is 6.91. The molecule has 0 saturated heterocycles. The third kappa shape index (κ3) is 6.27. The molecule has 0 aliphatic rings. The van der Waals surface area contributed by atoms with E-state index in [1.807, 2.05) is 6.07 Å². The fraction of sp³-hybridized carbons (Fsp3) is 0.381. The molecule has 2 unspecified atom stereocenters. The molecule has 0 fully saturated rings. The van der Waals surface area contributed by atoms with Crippen molar-refractivity contribution < 1.29 is 29.6 Å². The number of aliphatic hydroxyl groups is 2. The third-order valence-electron chi connectivity index (χ3n) is 4.12. The Morgan fingerprint density at radius 3 is 2.48 bits per heavy atom. The quantitative estimate of drug-likeness (QED) is 0.499. The van der Waals surface area contributed by atoms with Crippen molar-refractivity contribution in [1.82, 2.24) is 10.3 Å². The summed E-state index contributed by atoms with van der Waals surface area (Å²) in [5.41, 5.74) is 1.34. The lowest BCUT2D eigenvalue weighted by atomic mass is 9.97. The molecule has 0 bridgehead atoms. The Morgan fingerprint density at radius 2 is 1.90 bits per heavy atom. The van der Waals surface area contributed by atoms with Crippen LogP contribution in [0.25, 0.3) is 0 Å². The number of amides is 1. The Bertz CT molecular complexity index is 879. The molecule has 29 heavy (non-hydrogen) atoms. The summed E-state index contributed by atoms with van der Waals surface area (Å²) in [5.74, 6) is -1.14. The SMILES string of the molecule is CNC(=O)c1nc(Cc2cccc(OCC(C)O)c2)cc(C(=O)O)c1CC(C)O. The minimum Gasteiger partial charge on any atom is -0.491 e. The molecule has 2 atom stereocenters. The number of benzene rings is 1. The molecule has 8 nitrogen and oxygen atoms in total. The highest BCUT2D eigenvalue weighted by Crippen LogP contribution is 2.21. The van der Waals surface area contributed by atoms with Crippen LogP contribution in [0.1, 0.15) is 51.5 Å². The Morgan fingerprint density at radius 1 is 1.17 bits per heavy atom. The van der Waals surface area contributed by atoms with Crippen LogP contribution in [0.2, 0.25) is 0 Å². The van der Waals surface area contributed by atoms with Crippen LogP contribution in [0.15, 0.2) is 30.3 Å². The molecule has 0 radical (unpaired) electrons. The van der Waals surface area contributed by atoms with E-state index in [0.29, 0.717) is 11.4 Å². The number of carbonyl (C=O) groups excluding carboxylic acids is 1. The number of aliphatic hydroxyl groups excluding tert-OH is 2. The molecule has 1 heterocycles. The monoisotopic (exact) mass is 402 g/mol. The number of aromatic nitrogens is 1. The summed E-state index contributed by atoms with van der Waals surface area (Å²) >= 11 is 0. The van der Waals surface area contributed by atoms with Crippen LogP contribution in [0, 0.1) is 0 Å². The normalized spacial score (nSPS) is 12.9. The van der Waals surface area contributed by atoms with Crippen molar-refractivity contribution in [2.45, 2.75) is 38.9 Å². The number of hydrogen-bond acceptors (Lipinski definition) is 6. The number of ether oxygens (including phenoxy) is 1. The number of carboxylic acid groups (broad SMARTS) is 1. The van der Waals surface area contributed by atoms with Gasteiger partial charge in [0, 0.05) is 31.1 Å². The molecule has 1 aromatic heterocycles. The van der Waals surface area contributed by atoms with Gasteiger partial charge in [0.05, 0.1) is 17.8 Å². The van der Waals surface area contributed by atoms with Crippen molar-refractivity contribution in [3.63, 3.8) is 0 Å². The summed E-state index contributed by atoms with van der Waals surface area (Å²) in [7, 11) is 1.44. The smallest absolute Gasteiger partial charge is 0.336 e. The lowest BCUT2D eigenvalue weighted by molar-refractivity contribution is 0.0694. The molecule has 1 aromatic carbocycles. The highest BCUT2D eigenvalue weighted by Gasteiger charge is 2.22. The maximum Gasteiger partial charge on any atom is 0.336 e. The van der Waals surface area contributed by atoms with E-state index in [1.54, 1.807) is 25.1 Å². The summed E-state index contributed by atoms with van der Waals surface area (Å²) in [5, 5.41) is 31.2. The summed E-state index contributed by atoms with van der Waals surface area (Å²) in [4.78, 5) is 28.5. The summed E-state index contributed by atoms with van der Waals surface area (Å²) in [6.45, 7) is 3.29. The van der Waals surface area contributed by atoms with Crippen LogP contribution in [0.4, 0.5) is 0 Å². The second kappa shape index (κ2) is 9.99. The van der Waals surface area contributed by atoms with Gasteiger partial charge in [-0.25, -0.2) is 9.78 Å². The molecular formula is C21H26N2O6. The van der Waals surface area contributed by atoms with E-state index in [1.165, 1.54) is 20.0 Å². The zero-order chi connectivity index (χ0) is 21.6. The number of rotatable bonds is 9. The summed E-state index contributed by atoms with van der Waals surface area (Å²) in [6, 6.07) is 8.57. The van der Waals surface area contributed by atoms with Crippen molar-refractivity contribution in [1.29, 1.82) is 0 Å². The third-order valence-corrected chi connectivity index (χ3v) is 4.12. The molecule has 4 N–H and O–H groups in total. The Balaban J connectivity index is 2.43. The summed E-state index contributed by atoms with van der Waals surface area (Å²) in [6.07, 6.45) is -1.15. The lowest BCUT2D eigenvalue weighted by Gasteiger charge is -2.15. The van der Waals surface area contributed by atoms with Gasteiger partial charge in [0.25, 0.3) is 5.91 Å². The maximum atomic E-state index is 12.3. The van der Waals surface area contributed by atoms with Gasteiger partial charge in [-0.05, 0) is 37.6 Å². The van der Waals surface area contributed by atoms with Gasteiger partial charge in [0.15, 0.2) is 0 Å². The average Bonchev–Trinajstić information content (AvgIpc) is 2.66. The molecule has 0 aliphatic heterocycles. The number of carbonyl (C=O) groups is 2. The standard InChI is InChI=1S/C21H26N2O6/c1-12(24)7-17-18(21(27)28)10-15(23-19(17)20(26)22-3)8-14-5-4-6-16(9-14)29-11-13(2)25/h4-6,9-10,12-13,24-25H,7-8,11H2,1-3H3,(H,22,26)(H,27,28). The topological polar surface area (TPSA) is 129 Å². The molecule has 0 saturated carbocycles. The van der Waals surface area contributed by atoms with E-state index in [0.717, 1.165) is 5.56 Å². The van der Waals surface area contributed by atoms with Gasteiger partial charge in [0.1, 0.15) is 18.1 Å². The average molecular weight is 402 g/mol. The first-order chi connectivity index (χ1) is 13.7. The van der Waals surface area contributed by atoms with Crippen LogP contribution in [-0.2, 0) is 12.8 Å². The van der Waals surface area contributed by atoms with E-state index in [4.69, 9.17) is 4.74 Å². The Labute approximate surface area is 169 Å². The Hall–Kier alpha value is -2.97. The first kappa shape index (κ1) is 22.3. The molecule has 2 aromatic rings. The predicted molar refractivity (Wildman–Crippen MR) is 106 cm³/mol. The molecule has 0 aliphatic carbocycles. The van der Waals surface area contributed by atoms with Crippen LogP contribution in [0.3, 0.4) is 0 Å². The zero-order valence-corrected chi connectivity index (χ0v) is 16.7. The van der Waals surface area contributed by atoms with Crippen LogP contribution in [-0.4, -0.2) is 58.0 Å². The van der Waals surface area contributed by atoms with Gasteiger partial charge < -0.3 is 25.4 Å². The zero-order valence-electron chi connectivity index (χ0n) is 16.7. The number of carboxylic acids is 1. The minimum atomic E-state index is -1.19. The van der Waals surface area contributed by atoms with E-state index >= 15 is 0 Å². The van der Waals surface area contributed by atoms with Crippen LogP contribution >= 0.6 is 0 Å². The minimum absolute atomic E-state index is 0.000333. The number of aromatic carboxylic acids is 1. The van der Waals surface area contributed by atoms with Crippen molar-refractivity contribution in [2.75, 3.05) is 13.7 Å². The van der Waals surface area contributed by atoms with E-state index in [2.05, 4.69) is 10.3 Å². The Kier molecular flexibility index (Phi) is 7.69.